The lowest BCUT2D eigenvalue weighted by Crippen LogP contribution is -1.96. The van der Waals surface area contributed by atoms with Gasteiger partial charge in [-0.25, -0.2) is 4.99 Å². The molecule has 8 heteroatoms. The Morgan fingerprint density at radius 2 is 1.74 bits per heavy atom. The summed E-state index contributed by atoms with van der Waals surface area (Å²) in [5.74, 6) is -0.350. The summed E-state index contributed by atoms with van der Waals surface area (Å²) in [6, 6.07) is 12.1. The second-order valence-corrected chi connectivity index (χ2v) is 10.5. The van der Waals surface area contributed by atoms with Crippen LogP contribution >= 0.6 is 22.7 Å². The monoisotopic (exact) mass is 482 g/mol. The molecule has 0 bridgehead atoms. The van der Waals surface area contributed by atoms with E-state index in [0.717, 1.165) is 25.8 Å². The van der Waals surface area contributed by atoms with Crippen molar-refractivity contribution in [2.45, 2.75) is 13.8 Å². The number of nitrogens with zero attached hydrogens (tertiary/aromatic N) is 1. The third-order valence-corrected chi connectivity index (χ3v) is 8.65. The third-order valence-electron chi connectivity index (χ3n) is 6.64. The van der Waals surface area contributed by atoms with Gasteiger partial charge in [0.1, 0.15) is 0 Å². The molecule has 6 heterocycles. The molecule has 1 aliphatic heterocycles. The van der Waals surface area contributed by atoms with Gasteiger partial charge in [0.25, 0.3) is 5.91 Å². The molecule has 0 spiro atoms. The van der Waals surface area contributed by atoms with Crippen LogP contribution in [0.1, 0.15) is 31.9 Å². The molecule has 34 heavy (non-hydrogen) atoms. The molecule has 166 valence electrons. The van der Waals surface area contributed by atoms with Gasteiger partial charge in [0, 0.05) is 28.0 Å². The standard InChI is InChI=1S/C26H18N4O2S2/c1-11-13-7-8-27-21(13)12(2)14-10-15(28-22(11)14)16-5-6-18(34-16)24-20-19(25(31)30-24)23(29-26(20)32)17-4-3-9-33-17/h3-10,27-28,30-31H,1-2H3. The van der Waals surface area contributed by atoms with E-state index in [1.165, 1.54) is 38.8 Å². The molecule has 0 unspecified atom stereocenters. The van der Waals surface area contributed by atoms with E-state index in [0.29, 0.717) is 22.5 Å². The number of carbonyl (C=O) groups is 1. The first-order chi connectivity index (χ1) is 16.5. The molecular weight excluding hydrogens is 464 g/mol. The van der Waals surface area contributed by atoms with Crippen LogP contribution in [-0.4, -0.2) is 31.7 Å². The zero-order valence-electron chi connectivity index (χ0n) is 18.2. The number of benzene rings is 1. The highest BCUT2D eigenvalue weighted by molar-refractivity contribution is 7.18. The summed E-state index contributed by atoms with van der Waals surface area (Å²) in [7, 11) is 0. The lowest BCUT2D eigenvalue weighted by Gasteiger charge is -2.03. The van der Waals surface area contributed by atoms with E-state index in [9.17, 15) is 9.90 Å². The molecule has 1 amide bonds. The minimum atomic E-state index is -0.327. The number of aromatic amines is 3. The number of hydrogen-bond acceptors (Lipinski definition) is 4. The molecule has 0 radical (unpaired) electrons. The highest BCUT2D eigenvalue weighted by Gasteiger charge is 2.34. The molecule has 5 aromatic heterocycles. The van der Waals surface area contributed by atoms with Crippen LogP contribution in [-0.2, 0) is 0 Å². The van der Waals surface area contributed by atoms with Crippen molar-refractivity contribution in [2.24, 2.45) is 4.99 Å². The highest BCUT2D eigenvalue weighted by atomic mass is 32.1. The van der Waals surface area contributed by atoms with Crippen molar-refractivity contribution in [2.75, 3.05) is 0 Å². The molecule has 6 aromatic rings. The van der Waals surface area contributed by atoms with Crippen molar-refractivity contribution in [1.29, 1.82) is 0 Å². The average Bonchev–Trinajstić information content (AvgIpc) is 3.65. The van der Waals surface area contributed by atoms with Crippen molar-refractivity contribution in [1.82, 2.24) is 15.0 Å². The summed E-state index contributed by atoms with van der Waals surface area (Å²) in [4.78, 5) is 29.9. The SMILES string of the molecule is Cc1c2cc(-c3ccc(-c4[nH]c(O)c5c4C(=O)N=C5c4cccs4)s3)[nH]c2c(C)c2cc[nH]c12. The smallest absolute Gasteiger partial charge is 0.280 e. The van der Waals surface area contributed by atoms with E-state index in [4.69, 9.17) is 0 Å². The molecule has 0 saturated carbocycles. The molecule has 1 aromatic carbocycles. The molecule has 1 aliphatic rings. The fraction of sp³-hybridized carbons (Fsp3) is 0.0769. The lowest BCUT2D eigenvalue weighted by atomic mass is 10.0. The predicted octanol–water partition coefficient (Wildman–Crippen LogP) is 6.75. The van der Waals surface area contributed by atoms with Crippen LogP contribution in [0.5, 0.6) is 5.88 Å². The Labute approximate surface area is 201 Å². The molecular formula is C26H18N4O2S2. The maximum Gasteiger partial charge on any atom is 0.280 e. The quantitative estimate of drug-likeness (QED) is 0.224. The van der Waals surface area contributed by atoms with Gasteiger partial charge in [-0.05, 0) is 60.7 Å². The highest BCUT2D eigenvalue weighted by Crippen LogP contribution is 2.43. The Balaban J connectivity index is 1.34. The van der Waals surface area contributed by atoms with E-state index >= 15 is 0 Å². The van der Waals surface area contributed by atoms with Crippen LogP contribution in [0.3, 0.4) is 0 Å². The molecule has 4 N–H and O–H groups in total. The van der Waals surface area contributed by atoms with Crippen molar-refractivity contribution in [3.8, 4) is 27.0 Å². The van der Waals surface area contributed by atoms with E-state index in [-0.39, 0.29) is 11.8 Å². The van der Waals surface area contributed by atoms with E-state index < -0.39 is 0 Å². The number of aryl methyl sites for hydroxylation is 2. The second-order valence-electron chi connectivity index (χ2n) is 8.49. The van der Waals surface area contributed by atoms with Gasteiger partial charge in [0.15, 0.2) is 5.88 Å². The Morgan fingerprint density at radius 3 is 2.56 bits per heavy atom. The van der Waals surface area contributed by atoms with E-state index in [1.807, 2.05) is 35.8 Å². The fourth-order valence-corrected chi connectivity index (χ4v) is 6.68. The summed E-state index contributed by atoms with van der Waals surface area (Å²) in [6.07, 6.45) is 1.98. The number of carbonyl (C=O) groups excluding carboxylic acids is 1. The van der Waals surface area contributed by atoms with Gasteiger partial charge in [0.2, 0.25) is 0 Å². The number of nitrogens with one attached hydrogen (secondary N) is 3. The summed E-state index contributed by atoms with van der Waals surface area (Å²) in [6.45, 7) is 4.28. The molecule has 0 fully saturated rings. The Kier molecular flexibility index (Phi) is 3.92. The second kappa shape index (κ2) is 6.82. The summed E-state index contributed by atoms with van der Waals surface area (Å²) in [5.41, 5.74) is 7.84. The molecule has 0 atom stereocenters. The number of aromatic hydroxyl groups is 1. The number of amides is 1. The third kappa shape index (κ3) is 2.55. The molecule has 0 aliphatic carbocycles. The van der Waals surface area contributed by atoms with Crippen molar-refractivity contribution < 1.29 is 9.90 Å². The summed E-state index contributed by atoms with van der Waals surface area (Å²) >= 11 is 3.07. The zero-order valence-corrected chi connectivity index (χ0v) is 19.9. The fourth-order valence-electron chi connectivity index (χ4n) is 4.98. The summed E-state index contributed by atoms with van der Waals surface area (Å²) < 4.78 is 0. The number of fused-ring (bicyclic) bond motifs is 3. The van der Waals surface area contributed by atoms with E-state index in [2.05, 4.69) is 45.9 Å². The molecule has 0 saturated heterocycles. The first-order valence-corrected chi connectivity index (χ1v) is 12.5. The number of aromatic nitrogens is 3. The number of hydrogen-bond donors (Lipinski definition) is 4. The van der Waals surface area contributed by atoms with E-state index in [1.54, 1.807) is 11.3 Å². The average molecular weight is 483 g/mol. The van der Waals surface area contributed by atoms with Crippen molar-refractivity contribution in [3.05, 3.63) is 75.1 Å². The van der Waals surface area contributed by atoms with Crippen molar-refractivity contribution >= 4 is 56.1 Å². The van der Waals surface area contributed by atoms with Crippen molar-refractivity contribution in [3.63, 3.8) is 0 Å². The molecule has 7 rings (SSSR count). The molecule has 6 nitrogen and oxygen atoms in total. The van der Waals surface area contributed by atoms with Crippen LogP contribution in [0.25, 0.3) is 42.9 Å². The normalized spacial score (nSPS) is 13.4. The summed E-state index contributed by atoms with van der Waals surface area (Å²) in [5, 5.41) is 15.0. The van der Waals surface area contributed by atoms with Gasteiger partial charge >= 0.3 is 0 Å². The van der Waals surface area contributed by atoms with Gasteiger partial charge in [0.05, 0.1) is 42.9 Å². The zero-order chi connectivity index (χ0) is 23.1. The minimum Gasteiger partial charge on any atom is -0.494 e. The number of rotatable bonds is 3. The van der Waals surface area contributed by atoms with Gasteiger partial charge in [-0.2, -0.15) is 0 Å². The van der Waals surface area contributed by atoms with Gasteiger partial charge in [-0.3, -0.25) is 4.79 Å². The Hall–Kier alpha value is -3.88. The van der Waals surface area contributed by atoms with Crippen LogP contribution in [0.2, 0.25) is 0 Å². The van der Waals surface area contributed by atoms with Gasteiger partial charge in [-0.1, -0.05) is 6.07 Å². The number of aliphatic imine (C=N–C) groups is 1. The van der Waals surface area contributed by atoms with Crippen LogP contribution < -0.4 is 0 Å². The Morgan fingerprint density at radius 1 is 0.912 bits per heavy atom. The topological polar surface area (TPSA) is 97.0 Å². The first-order valence-electron chi connectivity index (χ1n) is 10.8. The minimum absolute atomic E-state index is 0.0233. The maximum atomic E-state index is 12.8. The van der Waals surface area contributed by atoms with Gasteiger partial charge < -0.3 is 20.1 Å². The largest absolute Gasteiger partial charge is 0.494 e. The lowest BCUT2D eigenvalue weighted by molar-refractivity contribution is 0.101. The first kappa shape index (κ1) is 19.6. The maximum absolute atomic E-state index is 12.8. The number of thiophene rings is 2. The van der Waals surface area contributed by atoms with Gasteiger partial charge in [-0.15, -0.1) is 22.7 Å². The van der Waals surface area contributed by atoms with Crippen LogP contribution in [0.4, 0.5) is 0 Å². The van der Waals surface area contributed by atoms with Crippen LogP contribution in [0, 0.1) is 13.8 Å². The number of H-pyrrole nitrogens is 3. The Bertz CT molecular complexity index is 1750. The van der Waals surface area contributed by atoms with Crippen LogP contribution in [0.15, 0.2) is 53.0 Å². The predicted molar refractivity (Wildman–Crippen MR) is 139 cm³/mol.